The van der Waals surface area contributed by atoms with Crippen LogP contribution in [0.15, 0.2) is 78.9 Å². The summed E-state index contributed by atoms with van der Waals surface area (Å²) in [6.07, 6.45) is 0.221. The van der Waals surface area contributed by atoms with Crippen LogP contribution in [-0.2, 0) is 16.2 Å². The molecule has 0 aliphatic carbocycles. The Kier molecular flexibility index (Phi) is 5.80. The largest absolute Gasteiger partial charge is 0.489 e. The SMILES string of the molecule is Cc1ccccc1N1C[C@H](C(=O)Nc2ccc(OCc3ccccc3)cc2)CC1=O. The summed E-state index contributed by atoms with van der Waals surface area (Å²) in [6, 6.07) is 25.0. The quantitative estimate of drug-likeness (QED) is 0.660. The Morgan fingerprint density at radius 3 is 2.43 bits per heavy atom. The molecular formula is C25H24N2O3. The van der Waals surface area contributed by atoms with Gasteiger partial charge in [-0.25, -0.2) is 0 Å². The number of aryl methyl sites for hydroxylation is 1. The summed E-state index contributed by atoms with van der Waals surface area (Å²) in [5.74, 6) is 0.205. The zero-order valence-corrected chi connectivity index (χ0v) is 16.9. The molecule has 0 bridgehead atoms. The first kappa shape index (κ1) is 19.7. The number of amides is 2. The molecule has 1 saturated heterocycles. The molecule has 2 amide bonds. The number of para-hydroxylation sites is 1. The summed E-state index contributed by atoms with van der Waals surface area (Å²) in [4.78, 5) is 26.9. The highest BCUT2D eigenvalue weighted by molar-refractivity contribution is 6.03. The maximum atomic E-state index is 12.7. The number of nitrogens with zero attached hydrogens (tertiary/aromatic N) is 1. The molecule has 1 aliphatic heterocycles. The van der Waals surface area contributed by atoms with Crippen LogP contribution in [0.2, 0.25) is 0 Å². The lowest BCUT2D eigenvalue weighted by Gasteiger charge is -2.19. The average Bonchev–Trinajstić information content (AvgIpc) is 3.16. The molecule has 1 N–H and O–H groups in total. The molecule has 0 radical (unpaired) electrons. The highest BCUT2D eigenvalue weighted by Gasteiger charge is 2.35. The van der Waals surface area contributed by atoms with Crippen molar-refractivity contribution in [1.82, 2.24) is 0 Å². The van der Waals surface area contributed by atoms with Crippen molar-refractivity contribution in [1.29, 1.82) is 0 Å². The predicted molar refractivity (Wildman–Crippen MR) is 117 cm³/mol. The van der Waals surface area contributed by atoms with Gasteiger partial charge >= 0.3 is 0 Å². The van der Waals surface area contributed by atoms with E-state index in [1.165, 1.54) is 0 Å². The zero-order valence-electron chi connectivity index (χ0n) is 16.9. The molecule has 0 saturated carbocycles. The van der Waals surface area contributed by atoms with Crippen molar-refractivity contribution < 1.29 is 14.3 Å². The fourth-order valence-electron chi connectivity index (χ4n) is 3.60. The van der Waals surface area contributed by atoms with Crippen LogP contribution < -0.4 is 15.0 Å². The van der Waals surface area contributed by atoms with E-state index in [9.17, 15) is 9.59 Å². The standard InChI is InChI=1S/C25H24N2O3/c1-18-7-5-6-10-23(18)27-16-20(15-24(27)28)25(29)26-21-11-13-22(14-12-21)30-17-19-8-3-2-4-9-19/h2-14,20H,15-17H2,1H3,(H,26,29)/t20-/m1/s1. The van der Waals surface area contributed by atoms with E-state index in [-0.39, 0.29) is 24.2 Å². The van der Waals surface area contributed by atoms with Gasteiger partial charge in [-0.1, -0.05) is 48.5 Å². The van der Waals surface area contributed by atoms with Gasteiger partial charge in [-0.05, 0) is 48.4 Å². The van der Waals surface area contributed by atoms with Crippen LogP contribution in [0, 0.1) is 12.8 Å². The number of rotatable bonds is 6. The predicted octanol–water partition coefficient (Wildman–Crippen LogP) is 4.57. The third-order valence-corrected chi connectivity index (χ3v) is 5.27. The van der Waals surface area contributed by atoms with Crippen molar-refractivity contribution in [3.8, 4) is 5.75 Å². The Bertz CT molecular complexity index is 1030. The van der Waals surface area contributed by atoms with Gasteiger partial charge in [0.25, 0.3) is 0 Å². The second-order valence-corrected chi connectivity index (χ2v) is 7.48. The van der Waals surface area contributed by atoms with Gasteiger partial charge in [-0.15, -0.1) is 0 Å². The van der Waals surface area contributed by atoms with E-state index in [0.717, 1.165) is 22.6 Å². The smallest absolute Gasteiger partial charge is 0.229 e. The van der Waals surface area contributed by atoms with Crippen LogP contribution >= 0.6 is 0 Å². The van der Waals surface area contributed by atoms with Gasteiger partial charge in [-0.3, -0.25) is 9.59 Å². The molecule has 0 unspecified atom stereocenters. The minimum Gasteiger partial charge on any atom is -0.489 e. The molecule has 0 aromatic heterocycles. The fraction of sp³-hybridized carbons (Fsp3) is 0.200. The number of ether oxygens (including phenoxy) is 1. The average molecular weight is 400 g/mol. The van der Waals surface area contributed by atoms with Gasteiger partial charge in [0.1, 0.15) is 12.4 Å². The van der Waals surface area contributed by atoms with E-state index in [2.05, 4.69) is 5.32 Å². The molecule has 0 spiro atoms. The van der Waals surface area contributed by atoms with Gasteiger partial charge in [-0.2, -0.15) is 0 Å². The third-order valence-electron chi connectivity index (χ3n) is 5.27. The summed E-state index contributed by atoms with van der Waals surface area (Å²) in [6.45, 7) is 2.86. The van der Waals surface area contributed by atoms with E-state index in [1.807, 2.05) is 85.8 Å². The maximum absolute atomic E-state index is 12.7. The second-order valence-electron chi connectivity index (χ2n) is 7.48. The molecular weight excluding hydrogens is 376 g/mol. The van der Waals surface area contributed by atoms with Crippen molar-refractivity contribution >= 4 is 23.2 Å². The molecule has 3 aromatic carbocycles. The summed E-state index contributed by atoms with van der Waals surface area (Å²) in [5, 5.41) is 2.92. The molecule has 1 atom stereocenters. The molecule has 1 aliphatic rings. The topological polar surface area (TPSA) is 58.6 Å². The van der Waals surface area contributed by atoms with Crippen LogP contribution in [0.4, 0.5) is 11.4 Å². The summed E-state index contributed by atoms with van der Waals surface area (Å²) < 4.78 is 5.78. The van der Waals surface area contributed by atoms with E-state index in [4.69, 9.17) is 4.74 Å². The monoisotopic (exact) mass is 400 g/mol. The number of anilines is 2. The van der Waals surface area contributed by atoms with Crippen LogP contribution in [0.1, 0.15) is 17.5 Å². The molecule has 1 heterocycles. The number of hydrogen-bond acceptors (Lipinski definition) is 3. The van der Waals surface area contributed by atoms with Crippen molar-refractivity contribution in [2.24, 2.45) is 5.92 Å². The normalized spacial score (nSPS) is 15.8. The minimum absolute atomic E-state index is 0.0193. The van der Waals surface area contributed by atoms with E-state index in [0.29, 0.717) is 18.8 Å². The lowest BCUT2D eigenvalue weighted by atomic mass is 10.1. The Labute approximate surface area is 176 Å². The first-order chi connectivity index (χ1) is 14.6. The number of benzene rings is 3. The highest BCUT2D eigenvalue weighted by Crippen LogP contribution is 2.28. The first-order valence-electron chi connectivity index (χ1n) is 10.0. The third kappa shape index (κ3) is 4.51. The Morgan fingerprint density at radius 2 is 1.70 bits per heavy atom. The van der Waals surface area contributed by atoms with E-state index in [1.54, 1.807) is 4.90 Å². The van der Waals surface area contributed by atoms with Crippen molar-refractivity contribution in [3.63, 3.8) is 0 Å². The summed E-state index contributed by atoms with van der Waals surface area (Å²) in [7, 11) is 0. The molecule has 4 rings (SSSR count). The lowest BCUT2D eigenvalue weighted by Crippen LogP contribution is -2.28. The van der Waals surface area contributed by atoms with Crippen LogP contribution in [0.3, 0.4) is 0 Å². The number of hydrogen-bond donors (Lipinski definition) is 1. The number of carbonyl (C=O) groups excluding carboxylic acids is 2. The van der Waals surface area contributed by atoms with Crippen molar-refractivity contribution in [2.75, 3.05) is 16.8 Å². The fourth-order valence-corrected chi connectivity index (χ4v) is 3.60. The molecule has 1 fully saturated rings. The molecule has 3 aromatic rings. The van der Waals surface area contributed by atoms with Gasteiger partial charge in [0.15, 0.2) is 0 Å². The molecule has 5 heteroatoms. The van der Waals surface area contributed by atoms with Crippen LogP contribution in [0.25, 0.3) is 0 Å². The van der Waals surface area contributed by atoms with Crippen LogP contribution in [0.5, 0.6) is 5.75 Å². The molecule has 5 nitrogen and oxygen atoms in total. The van der Waals surface area contributed by atoms with E-state index >= 15 is 0 Å². The van der Waals surface area contributed by atoms with Crippen LogP contribution in [-0.4, -0.2) is 18.4 Å². The summed E-state index contributed by atoms with van der Waals surface area (Å²) in [5.41, 5.74) is 3.68. The molecule has 152 valence electrons. The van der Waals surface area contributed by atoms with Crippen molar-refractivity contribution in [2.45, 2.75) is 20.0 Å². The first-order valence-corrected chi connectivity index (χ1v) is 10.0. The zero-order chi connectivity index (χ0) is 20.9. The maximum Gasteiger partial charge on any atom is 0.229 e. The Balaban J connectivity index is 1.34. The van der Waals surface area contributed by atoms with Gasteiger partial charge < -0.3 is 15.0 Å². The summed E-state index contributed by atoms with van der Waals surface area (Å²) >= 11 is 0. The van der Waals surface area contributed by atoms with E-state index < -0.39 is 0 Å². The van der Waals surface area contributed by atoms with Crippen molar-refractivity contribution in [3.05, 3.63) is 90.0 Å². The Morgan fingerprint density at radius 1 is 1.00 bits per heavy atom. The van der Waals surface area contributed by atoms with Gasteiger partial charge in [0.05, 0.1) is 5.92 Å². The number of nitrogens with one attached hydrogen (secondary N) is 1. The second kappa shape index (κ2) is 8.82. The van der Waals surface area contributed by atoms with Gasteiger partial charge in [0, 0.05) is 24.3 Å². The number of carbonyl (C=O) groups is 2. The molecule has 30 heavy (non-hydrogen) atoms. The Hall–Kier alpha value is -3.60. The lowest BCUT2D eigenvalue weighted by molar-refractivity contribution is -0.122. The highest BCUT2D eigenvalue weighted by atomic mass is 16.5. The van der Waals surface area contributed by atoms with Gasteiger partial charge in [0.2, 0.25) is 11.8 Å². The minimum atomic E-state index is -0.369.